The van der Waals surface area contributed by atoms with Gasteiger partial charge in [0.1, 0.15) is 0 Å². The molecular weight excluding hydrogens is 174 g/mol. The molecule has 0 atom stereocenters. The molecule has 1 aromatic carbocycles. The van der Waals surface area contributed by atoms with Crippen LogP contribution in [-0.2, 0) is 17.1 Å². The van der Waals surface area contributed by atoms with E-state index in [9.17, 15) is 4.79 Å². The van der Waals surface area contributed by atoms with Crippen LogP contribution in [0, 0.1) is 0 Å². The molecule has 1 aliphatic rings. The Labute approximate surface area is 75.5 Å². The Hall–Kier alpha value is -1.02. The van der Waals surface area contributed by atoms with E-state index in [1.165, 1.54) is 0 Å². The highest BCUT2D eigenvalue weighted by Gasteiger charge is 2.16. The second-order valence-electron chi connectivity index (χ2n) is 2.85. The zero-order valence-corrected chi connectivity index (χ0v) is 7.19. The zero-order valence-electron chi connectivity index (χ0n) is 6.43. The summed E-state index contributed by atoms with van der Waals surface area (Å²) in [4.78, 5) is 11.0. The Morgan fingerprint density at radius 1 is 1.50 bits per heavy atom. The van der Waals surface area contributed by atoms with Crippen LogP contribution in [0.1, 0.15) is 11.1 Å². The molecule has 1 amide bonds. The largest absolute Gasteiger partial charge is 0.326 e. The van der Waals surface area contributed by atoms with E-state index in [4.69, 9.17) is 11.6 Å². The van der Waals surface area contributed by atoms with Gasteiger partial charge in [0.25, 0.3) is 0 Å². The summed E-state index contributed by atoms with van der Waals surface area (Å²) in [6, 6.07) is 5.82. The summed E-state index contributed by atoms with van der Waals surface area (Å²) in [6.07, 6.45) is 0.498. The average Bonchev–Trinajstić information content (AvgIpc) is 2.43. The van der Waals surface area contributed by atoms with Gasteiger partial charge in [-0.3, -0.25) is 4.79 Å². The maximum absolute atomic E-state index is 11.0. The van der Waals surface area contributed by atoms with Crippen LogP contribution in [0.4, 0.5) is 5.69 Å². The highest BCUT2D eigenvalue weighted by atomic mass is 35.5. The van der Waals surface area contributed by atoms with Crippen molar-refractivity contribution >= 4 is 23.2 Å². The van der Waals surface area contributed by atoms with E-state index in [0.717, 1.165) is 16.8 Å². The summed E-state index contributed by atoms with van der Waals surface area (Å²) in [5.74, 6) is 0.556. The fraction of sp³-hybridized carbons (Fsp3) is 0.222. The molecular formula is C9H8ClNO. The van der Waals surface area contributed by atoms with E-state index < -0.39 is 0 Å². The maximum Gasteiger partial charge on any atom is 0.228 e. The number of hydrogen-bond acceptors (Lipinski definition) is 1. The first-order valence-corrected chi connectivity index (χ1v) is 4.30. The minimum atomic E-state index is 0.0664. The smallest absolute Gasteiger partial charge is 0.228 e. The minimum absolute atomic E-state index is 0.0664. The topological polar surface area (TPSA) is 29.1 Å². The van der Waals surface area contributed by atoms with Crippen LogP contribution in [-0.4, -0.2) is 5.91 Å². The molecule has 1 heterocycles. The fourth-order valence-electron chi connectivity index (χ4n) is 1.34. The summed E-state index contributed by atoms with van der Waals surface area (Å²) in [5, 5.41) is 2.77. The Morgan fingerprint density at radius 2 is 2.33 bits per heavy atom. The number of amides is 1. The Bertz CT molecular complexity index is 335. The summed E-state index contributed by atoms with van der Waals surface area (Å²) in [6.45, 7) is 0. The van der Waals surface area contributed by atoms with Gasteiger partial charge in [0.05, 0.1) is 6.42 Å². The van der Waals surface area contributed by atoms with Gasteiger partial charge in [-0.25, -0.2) is 0 Å². The number of fused-ring (bicyclic) bond motifs is 1. The van der Waals surface area contributed by atoms with Crippen molar-refractivity contribution in [3.63, 3.8) is 0 Å². The van der Waals surface area contributed by atoms with Crippen molar-refractivity contribution in [3.05, 3.63) is 29.3 Å². The predicted octanol–water partition coefficient (Wildman–Crippen LogP) is 1.92. The number of rotatable bonds is 1. The number of carbonyl (C=O) groups is 1. The third-order valence-electron chi connectivity index (χ3n) is 1.95. The monoisotopic (exact) mass is 181 g/mol. The molecule has 0 saturated carbocycles. The second-order valence-corrected chi connectivity index (χ2v) is 3.12. The lowest BCUT2D eigenvalue weighted by Gasteiger charge is -1.99. The summed E-state index contributed by atoms with van der Waals surface area (Å²) >= 11 is 5.65. The van der Waals surface area contributed by atoms with Crippen molar-refractivity contribution in [1.29, 1.82) is 0 Å². The SMILES string of the molecule is O=C1Cc2ccc(CCl)cc2N1. The number of benzene rings is 1. The van der Waals surface area contributed by atoms with E-state index >= 15 is 0 Å². The third kappa shape index (κ3) is 1.18. The van der Waals surface area contributed by atoms with Gasteiger partial charge in [-0.05, 0) is 17.2 Å². The molecule has 2 nitrogen and oxygen atoms in total. The quantitative estimate of drug-likeness (QED) is 0.659. The van der Waals surface area contributed by atoms with E-state index in [1.807, 2.05) is 18.2 Å². The van der Waals surface area contributed by atoms with Crippen molar-refractivity contribution in [3.8, 4) is 0 Å². The first-order valence-electron chi connectivity index (χ1n) is 3.77. The van der Waals surface area contributed by atoms with Crippen molar-refractivity contribution < 1.29 is 4.79 Å². The number of hydrogen-bond donors (Lipinski definition) is 1. The van der Waals surface area contributed by atoms with Crippen LogP contribution in [0.15, 0.2) is 18.2 Å². The molecule has 2 rings (SSSR count). The molecule has 0 spiro atoms. The summed E-state index contributed by atoms with van der Waals surface area (Å²) < 4.78 is 0. The lowest BCUT2D eigenvalue weighted by atomic mass is 10.1. The zero-order chi connectivity index (χ0) is 8.55. The minimum Gasteiger partial charge on any atom is -0.326 e. The number of alkyl halides is 1. The second kappa shape index (κ2) is 2.79. The number of carbonyl (C=O) groups excluding carboxylic acids is 1. The molecule has 3 heteroatoms. The van der Waals surface area contributed by atoms with Crippen molar-refractivity contribution in [2.75, 3.05) is 5.32 Å². The summed E-state index contributed by atoms with van der Waals surface area (Å²) in [5.41, 5.74) is 3.02. The van der Waals surface area contributed by atoms with Crippen LogP contribution >= 0.6 is 11.6 Å². The van der Waals surface area contributed by atoms with Crippen LogP contribution in [0.25, 0.3) is 0 Å². The van der Waals surface area contributed by atoms with Gasteiger partial charge >= 0.3 is 0 Å². The Kier molecular flexibility index (Phi) is 1.77. The van der Waals surface area contributed by atoms with Gasteiger partial charge in [-0.2, -0.15) is 0 Å². The molecule has 0 aromatic heterocycles. The molecule has 0 bridgehead atoms. The number of nitrogens with one attached hydrogen (secondary N) is 1. The van der Waals surface area contributed by atoms with Crippen molar-refractivity contribution in [2.24, 2.45) is 0 Å². The van der Waals surface area contributed by atoms with E-state index in [2.05, 4.69) is 5.32 Å². The van der Waals surface area contributed by atoms with E-state index in [1.54, 1.807) is 0 Å². The first kappa shape index (κ1) is 7.62. The van der Waals surface area contributed by atoms with Gasteiger partial charge in [0, 0.05) is 11.6 Å². The Morgan fingerprint density at radius 3 is 3.08 bits per heavy atom. The van der Waals surface area contributed by atoms with Crippen molar-refractivity contribution in [1.82, 2.24) is 0 Å². The molecule has 0 aliphatic carbocycles. The van der Waals surface area contributed by atoms with Gasteiger partial charge in [-0.1, -0.05) is 12.1 Å². The molecule has 1 N–H and O–H groups in total. The van der Waals surface area contributed by atoms with Crippen LogP contribution in [0.2, 0.25) is 0 Å². The van der Waals surface area contributed by atoms with Gasteiger partial charge in [0.15, 0.2) is 0 Å². The highest BCUT2D eigenvalue weighted by Crippen LogP contribution is 2.24. The van der Waals surface area contributed by atoms with Gasteiger partial charge < -0.3 is 5.32 Å². The number of anilines is 1. The van der Waals surface area contributed by atoms with Crippen LogP contribution < -0.4 is 5.32 Å². The molecule has 62 valence electrons. The molecule has 0 radical (unpaired) electrons. The van der Waals surface area contributed by atoms with E-state index in [-0.39, 0.29) is 5.91 Å². The molecule has 0 fully saturated rings. The average molecular weight is 182 g/mol. The van der Waals surface area contributed by atoms with Gasteiger partial charge in [0.2, 0.25) is 5.91 Å². The van der Waals surface area contributed by atoms with Gasteiger partial charge in [-0.15, -0.1) is 11.6 Å². The lowest BCUT2D eigenvalue weighted by Crippen LogP contribution is -2.03. The highest BCUT2D eigenvalue weighted by molar-refractivity contribution is 6.17. The Balaban J connectivity index is 2.41. The predicted molar refractivity (Wildman–Crippen MR) is 48.3 cm³/mol. The summed E-state index contributed by atoms with van der Waals surface area (Å²) in [7, 11) is 0. The fourth-order valence-corrected chi connectivity index (χ4v) is 1.51. The maximum atomic E-state index is 11.0. The molecule has 1 aliphatic heterocycles. The normalized spacial score (nSPS) is 14.2. The van der Waals surface area contributed by atoms with E-state index in [0.29, 0.717) is 12.3 Å². The molecule has 0 unspecified atom stereocenters. The molecule has 1 aromatic rings. The van der Waals surface area contributed by atoms with Crippen molar-refractivity contribution in [2.45, 2.75) is 12.3 Å². The number of halogens is 1. The standard InChI is InChI=1S/C9H8ClNO/c10-5-6-1-2-7-4-9(12)11-8(7)3-6/h1-3H,4-5H2,(H,11,12). The molecule has 0 saturated heterocycles. The molecule has 12 heavy (non-hydrogen) atoms. The van der Waals surface area contributed by atoms with Crippen LogP contribution in [0.3, 0.4) is 0 Å². The first-order chi connectivity index (χ1) is 5.79. The van der Waals surface area contributed by atoms with Crippen LogP contribution in [0.5, 0.6) is 0 Å². The third-order valence-corrected chi connectivity index (χ3v) is 2.26. The lowest BCUT2D eigenvalue weighted by molar-refractivity contribution is -0.115.